The monoisotopic (exact) mass is 203 g/mol. The molecule has 72 valence electrons. The summed E-state index contributed by atoms with van der Waals surface area (Å²) in [5, 5.41) is 8.96. The fourth-order valence-electron chi connectivity index (χ4n) is 1.10. The molecule has 1 N–H and O–H groups in total. The Hall–Kier alpha value is -0.973. The lowest BCUT2D eigenvalue weighted by Crippen LogP contribution is -2.43. The molecule has 1 aromatic rings. The smallest absolute Gasteiger partial charge is 0.215 e. The van der Waals surface area contributed by atoms with Crippen molar-refractivity contribution in [3.63, 3.8) is 0 Å². The Bertz CT molecular complexity index is 336. The van der Waals surface area contributed by atoms with Gasteiger partial charge in [-0.2, -0.15) is 4.39 Å². The van der Waals surface area contributed by atoms with Gasteiger partial charge in [0.05, 0.1) is 14.3 Å². The van der Waals surface area contributed by atoms with Crippen LogP contribution in [0.5, 0.6) is 5.75 Å². The summed E-state index contributed by atoms with van der Waals surface area (Å²) in [6, 6.07) is 0. The zero-order valence-corrected chi connectivity index (χ0v) is 8.73. The van der Waals surface area contributed by atoms with Crippen LogP contribution in [0.25, 0.3) is 0 Å². The van der Waals surface area contributed by atoms with Gasteiger partial charge in [-0.25, -0.2) is 9.37 Å². The van der Waals surface area contributed by atoms with E-state index in [0.29, 0.717) is 0 Å². The van der Waals surface area contributed by atoms with Crippen molar-refractivity contribution < 1.29 is 13.9 Å². The molecule has 0 radical (unpaired) electrons. The van der Waals surface area contributed by atoms with Crippen molar-refractivity contribution in [2.24, 2.45) is 0 Å². The van der Waals surface area contributed by atoms with E-state index < -0.39 is 25.6 Å². The molecule has 1 rings (SSSR count). The van der Waals surface area contributed by atoms with E-state index in [4.69, 9.17) is 5.11 Å². The Balaban J connectivity index is 3.43. The van der Waals surface area contributed by atoms with E-state index in [1.165, 1.54) is 0 Å². The standard InChI is InChI=1S/C8H11F2NOSi/c1-13(2,3)7-6(9)5(12)4-11-8(7)10/h4,12H,1-3H3. The van der Waals surface area contributed by atoms with Crippen LogP contribution in [0.3, 0.4) is 0 Å². The van der Waals surface area contributed by atoms with Gasteiger partial charge in [0.15, 0.2) is 11.6 Å². The molecule has 0 bridgehead atoms. The van der Waals surface area contributed by atoms with Gasteiger partial charge >= 0.3 is 0 Å². The van der Waals surface area contributed by atoms with Crippen molar-refractivity contribution in [3.05, 3.63) is 18.0 Å². The molecule has 0 saturated heterocycles. The van der Waals surface area contributed by atoms with Gasteiger partial charge in [0.2, 0.25) is 5.95 Å². The molecule has 0 amide bonds. The maximum absolute atomic E-state index is 13.3. The molecule has 5 heteroatoms. The van der Waals surface area contributed by atoms with Gasteiger partial charge < -0.3 is 5.11 Å². The highest BCUT2D eigenvalue weighted by atomic mass is 28.3. The van der Waals surface area contributed by atoms with E-state index in [-0.39, 0.29) is 5.19 Å². The average molecular weight is 203 g/mol. The lowest BCUT2D eigenvalue weighted by Gasteiger charge is -2.17. The van der Waals surface area contributed by atoms with Gasteiger partial charge in [-0.05, 0) is 0 Å². The molecule has 0 spiro atoms. The molecule has 0 aromatic carbocycles. The number of aromatic nitrogens is 1. The van der Waals surface area contributed by atoms with Gasteiger partial charge in [-0.1, -0.05) is 19.6 Å². The summed E-state index contributed by atoms with van der Waals surface area (Å²) in [6.45, 7) is 5.36. The van der Waals surface area contributed by atoms with Crippen molar-refractivity contribution in [1.82, 2.24) is 4.98 Å². The van der Waals surface area contributed by atoms with E-state index in [1.807, 2.05) is 0 Å². The van der Waals surface area contributed by atoms with Crippen molar-refractivity contribution in [1.29, 1.82) is 0 Å². The molecular formula is C8H11F2NOSi. The largest absolute Gasteiger partial charge is 0.504 e. The van der Waals surface area contributed by atoms with Gasteiger partial charge in [0.1, 0.15) is 0 Å². The van der Waals surface area contributed by atoms with Crippen LogP contribution in [0.15, 0.2) is 6.20 Å². The Morgan fingerprint density at radius 1 is 1.31 bits per heavy atom. The van der Waals surface area contributed by atoms with E-state index in [9.17, 15) is 8.78 Å². The number of nitrogens with zero attached hydrogens (tertiary/aromatic N) is 1. The fourth-order valence-corrected chi connectivity index (χ4v) is 2.57. The molecule has 13 heavy (non-hydrogen) atoms. The molecule has 0 unspecified atom stereocenters. The predicted octanol–water partition coefficient (Wildman–Crippen LogP) is 1.61. The molecule has 0 aliphatic heterocycles. The second-order valence-electron chi connectivity index (χ2n) is 3.87. The Morgan fingerprint density at radius 2 is 1.85 bits per heavy atom. The van der Waals surface area contributed by atoms with Crippen LogP contribution in [0, 0.1) is 11.8 Å². The third kappa shape index (κ3) is 1.85. The molecule has 1 heterocycles. The van der Waals surface area contributed by atoms with E-state index in [1.54, 1.807) is 19.6 Å². The maximum atomic E-state index is 13.3. The van der Waals surface area contributed by atoms with Crippen molar-refractivity contribution in [2.45, 2.75) is 19.6 Å². The minimum atomic E-state index is -2.13. The fraction of sp³-hybridized carbons (Fsp3) is 0.375. The third-order valence-electron chi connectivity index (χ3n) is 1.70. The van der Waals surface area contributed by atoms with Gasteiger partial charge in [0.25, 0.3) is 0 Å². The number of hydrogen-bond donors (Lipinski definition) is 1. The normalized spacial score (nSPS) is 11.8. The summed E-state index contributed by atoms with van der Waals surface area (Å²) in [4.78, 5) is 3.28. The summed E-state index contributed by atoms with van der Waals surface area (Å²) in [7, 11) is -2.13. The molecule has 2 nitrogen and oxygen atoms in total. The second-order valence-corrected chi connectivity index (χ2v) is 8.87. The van der Waals surface area contributed by atoms with Crippen LogP contribution >= 0.6 is 0 Å². The van der Waals surface area contributed by atoms with Crippen LogP contribution in [-0.4, -0.2) is 18.2 Å². The summed E-state index contributed by atoms with van der Waals surface area (Å²) < 4.78 is 26.4. The summed E-state index contributed by atoms with van der Waals surface area (Å²) in [5.41, 5.74) is 0. The predicted molar refractivity (Wildman–Crippen MR) is 48.8 cm³/mol. The minimum absolute atomic E-state index is 0.0486. The first-order chi connectivity index (χ1) is 5.84. The summed E-state index contributed by atoms with van der Waals surface area (Å²) >= 11 is 0. The Kier molecular flexibility index (Phi) is 2.38. The summed E-state index contributed by atoms with van der Waals surface area (Å²) in [6.07, 6.45) is 0.786. The second kappa shape index (κ2) is 3.06. The SMILES string of the molecule is C[Si](C)(C)c1c(F)ncc(O)c1F. The number of aromatic hydroxyl groups is 1. The van der Waals surface area contributed by atoms with Crippen LogP contribution in [-0.2, 0) is 0 Å². The number of pyridine rings is 1. The quantitative estimate of drug-likeness (QED) is 0.555. The van der Waals surface area contributed by atoms with Gasteiger partial charge in [-0.3, -0.25) is 0 Å². The molecule has 0 aliphatic rings. The van der Waals surface area contributed by atoms with E-state index in [0.717, 1.165) is 6.20 Å². The van der Waals surface area contributed by atoms with Gasteiger partial charge in [0, 0.05) is 5.19 Å². The zero-order valence-electron chi connectivity index (χ0n) is 7.73. The highest BCUT2D eigenvalue weighted by Crippen LogP contribution is 2.15. The van der Waals surface area contributed by atoms with Gasteiger partial charge in [-0.15, -0.1) is 0 Å². The van der Waals surface area contributed by atoms with Crippen LogP contribution in [0.4, 0.5) is 8.78 Å². The Morgan fingerprint density at radius 3 is 2.23 bits per heavy atom. The molecule has 0 fully saturated rings. The molecule has 0 aliphatic carbocycles. The zero-order chi connectivity index (χ0) is 10.2. The molecular weight excluding hydrogens is 192 g/mol. The number of halogens is 2. The molecule has 1 aromatic heterocycles. The average Bonchev–Trinajstić information content (AvgIpc) is 1.95. The van der Waals surface area contributed by atoms with Crippen molar-refractivity contribution in [2.75, 3.05) is 0 Å². The maximum Gasteiger partial charge on any atom is 0.215 e. The molecule has 0 saturated carbocycles. The highest BCUT2D eigenvalue weighted by molar-refractivity contribution is 6.88. The van der Waals surface area contributed by atoms with Crippen LogP contribution in [0.1, 0.15) is 0 Å². The number of hydrogen-bond acceptors (Lipinski definition) is 2. The van der Waals surface area contributed by atoms with E-state index >= 15 is 0 Å². The Labute approximate surface area is 76.3 Å². The topological polar surface area (TPSA) is 33.1 Å². The van der Waals surface area contributed by atoms with Crippen LogP contribution < -0.4 is 5.19 Å². The van der Waals surface area contributed by atoms with Crippen molar-refractivity contribution >= 4 is 13.3 Å². The minimum Gasteiger partial charge on any atom is -0.504 e. The van der Waals surface area contributed by atoms with Crippen molar-refractivity contribution in [3.8, 4) is 5.75 Å². The first-order valence-corrected chi connectivity index (χ1v) is 7.37. The summed E-state index contributed by atoms with van der Waals surface area (Å²) in [5.74, 6) is -2.26. The van der Waals surface area contributed by atoms with E-state index in [2.05, 4.69) is 4.98 Å². The molecule has 0 atom stereocenters. The first kappa shape index (κ1) is 10.1. The first-order valence-electron chi connectivity index (χ1n) is 3.87. The van der Waals surface area contributed by atoms with Crippen LogP contribution in [0.2, 0.25) is 19.6 Å². The highest BCUT2D eigenvalue weighted by Gasteiger charge is 2.27. The lowest BCUT2D eigenvalue weighted by molar-refractivity contribution is 0.425. The lowest BCUT2D eigenvalue weighted by atomic mass is 10.4. The third-order valence-corrected chi connectivity index (χ3v) is 3.63. The number of rotatable bonds is 1.